The first kappa shape index (κ1) is 25.2. The molecule has 10 nitrogen and oxygen atoms in total. The first-order valence-electron chi connectivity index (χ1n) is 9.21. The molecule has 11 heteroatoms. The summed E-state index contributed by atoms with van der Waals surface area (Å²) in [5.41, 5.74) is 6.32. The van der Waals surface area contributed by atoms with Crippen LogP contribution in [0, 0.1) is 0 Å². The molecule has 0 aliphatic heterocycles. The normalized spacial score (nSPS) is 13.7. The van der Waals surface area contributed by atoms with Gasteiger partial charge in [-0.05, 0) is 42.5 Å². The number of rotatable bonds is 13. The van der Waals surface area contributed by atoms with E-state index in [1.807, 2.05) is 6.26 Å². The number of carbonyl (C=O) groups is 4. The minimum absolute atomic E-state index is 0.0262. The lowest BCUT2D eigenvalue weighted by atomic mass is 10.0. The molecule has 0 saturated carbocycles. The number of aromatic hydroxyl groups is 1. The molecule has 3 atom stereocenters. The van der Waals surface area contributed by atoms with Gasteiger partial charge in [0.15, 0.2) is 0 Å². The number of carboxylic acids is 2. The average Bonchev–Trinajstić information content (AvgIpc) is 2.69. The molecule has 30 heavy (non-hydrogen) atoms. The van der Waals surface area contributed by atoms with Gasteiger partial charge in [-0.1, -0.05) is 12.1 Å². The van der Waals surface area contributed by atoms with Gasteiger partial charge in [-0.25, -0.2) is 4.79 Å². The number of hydrogen-bond acceptors (Lipinski definition) is 7. The first-order chi connectivity index (χ1) is 14.1. The van der Waals surface area contributed by atoms with Gasteiger partial charge in [0, 0.05) is 12.8 Å². The van der Waals surface area contributed by atoms with E-state index in [0.29, 0.717) is 11.3 Å². The Bertz CT molecular complexity index is 742. The van der Waals surface area contributed by atoms with E-state index in [0.717, 1.165) is 0 Å². The van der Waals surface area contributed by atoms with Crippen molar-refractivity contribution in [1.29, 1.82) is 0 Å². The lowest BCUT2D eigenvalue weighted by Gasteiger charge is -2.23. The van der Waals surface area contributed by atoms with Crippen molar-refractivity contribution in [3.8, 4) is 5.75 Å². The Morgan fingerprint density at radius 2 is 1.60 bits per heavy atom. The Morgan fingerprint density at radius 3 is 2.13 bits per heavy atom. The molecule has 3 unspecified atom stereocenters. The summed E-state index contributed by atoms with van der Waals surface area (Å²) in [5, 5.41) is 32.4. The molecule has 0 aliphatic carbocycles. The smallest absolute Gasteiger partial charge is 0.326 e. The third-order valence-electron chi connectivity index (χ3n) is 4.24. The van der Waals surface area contributed by atoms with Crippen LogP contribution in [0.5, 0.6) is 5.75 Å². The standard InChI is InChI=1S/C19H27N3O7S/c1-30-9-8-14(19(28)29)21-18(27)15(10-11-2-4-12(23)5-3-11)22-17(26)13(20)6-7-16(24)25/h2-5,13-15,23H,6-10,20H2,1H3,(H,21,27)(H,22,26)(H,24,25)(H,28,29). The lowest BCUT2D eigenvalue weighted by molar-refractivity contribution is -0.142. The summed E-state index contributed by atoms with van der Waals surface area (Å²) in [6, 6.07) is 2.58. The van der Waals surface area contributed by atoms with Crippen LogP contribution in [0.2, 0.25) is 0 Å². The Labute approximate surface area is 178 Å². The van der Waals surface area contributed by atoms with E-state index in [4.69, 9.17) is 10.8 Å². The molecule has 0 heterocycles. The van der Waals surface area contributed by atoms with Gasteiger partial charge in [0.05, 0.1) is 6.04 Å². The number of benzene rings is 1. The summed E-state index contributed by atoms with van der Waals surface area (Å²) in [7, 11) is 0. The zero-order chi connectivity index (χ0) is 22.7. The SMILES string of the molecule is CSCCC(NC(=O)C(Cc1ccc(O)cc1)NC(=O)C(N)CCC(=O)O)C(=O)O. The van der Waals surface area contributed by atoms with Gasteiger partial charge in [-0.15, -0.1) is 0 Å². The van der Waals surface area contributed by atoms with Crippen molar-refractivity contribution in [2.45, 2.75) is 43.8 Å². The van der Waals surface area contributed by atoms with Crippen molar-refractivity contribution >= 4 is 35.5 Å². The molecule has 0 saturated heterocycles. The van der Waals surface area contributed by atoms with E-state index in [-0.39, 0.29) is 31.4 Å². The van der Waals surface area contributed by atoms with E-state index < -0.39 is 41.9 Å². The van der Waals surface area contributed by atoms with Crippen molar-refractivity contribution < 1.29 is 34.5 Å². The topological polar surface area (TPSA) is 179 Å². The number of carbonyl (C=O) groups excluding carboxylic acids is 2. The third-order valence-corrected chi connectivity index (χ3v) is 4.88. The van der Waals surface area contributed by atoms with E-state index >= 15 is 0 Å². The first-order valence-corrected chi connectivity index (χ1v) is 10.6. The number of thioether (sulfide) groups is 1. The van der Waals surface area contributed by atoms with Gasteiger partial charge in [-0.2, -0.15) is 11.8 Å². The minimum Gasteiger partial charge on any atom is -0.508 e. The fourth-order valence-corrected chi connectivity index (χ4v) is 3.00. The number of amides is 2. The molecule has 166 valence electrons. The van der Waals surface area contributed by atoms with Gasteiger partial charge >= 0.3 is 11.9 Å². The summed E-state index contributed by atoms with van der Waals surface area (Å²) in [5.74, 6) is -3.16. The number of hydrogen-bond donors (Lipinski definition) is 6. The van der Waals surface area contributed by atoms with Crippen molar-refractivity contribution in [2.24, 2.45) is 5.73 Å². The summed E-state index contributed by atoms with van der Waals surface area (Å²) in [4.78, 5) is 47.2. The number of carboxylic acid groups (broad SMARTS) is 2. The maximum Gasteiger partial charge on any atom is 0.326 e. The molecule has 2 amide bonds. The van der Waals surface area contributed by atoms with Crippen LogP contribution in [-0.2, 0) is 25.6 Å². The molecular weight excluding hydrogens is 414 g/mol. The van der Waals surface area contributed by atoms with E-state index in [1.54, 1.807) is 12.1 Å². The molecule has 7 N–H and O–H groups in total. The highest BCUT2D eigenvalue weighted by atomic mass is 32.2. The van der Waals surface area contributed by atoms with Crippen LogP contribution in [0.4, 0.5) is 0 Å². The number of aliphatic carboxylic acids is 2. The van der Waals surface area contributed by atoms with Gasteiger partial charge in [-0.3, -0.25) is 14.4 Å². The van der Waals surface area contributed by atoms with Gasteiger partial charge in [0.25, 0.3) is 0 Å². The Balaban J connectivity index is 2.93. The zero-order valence-electron chi connectivity index (χ0n) is 16.5. The van der Waals surface area contributed by atoms with Gasteiger partial charge in [0.2, 0.25) is 11.8 Å². The molecular formula is C19H27N3O7S. The number of phenols is 1. The second-order valence-electron chi connectivity index (χ2n) is 6.65. The van der Waals surface area contributed by atoms with Gasteiger partial charge < -0.3 is 31.7 Å². The Kier molecular flexibility index (Phi) is 10.7. The Hall–Kier alpha value is -2.79. The van der Waals surface area contributed by atoms with Crippen LogP contribution < -0.4 is 16.4 Å². The quantitative estimate of drug-likeness (QED) is 0.244. The zero-order valence-corrected chi connectivity index (χ0v) is 17.4. The average molecular weight is 442 g/mol. The number of phenolic OH excluding ortho intramolecular Hbond substituents is 1. The molecule has 1 rings (SSSR count). The summed E-state index contributed by atoms with van der Waals surface area (Å²) in [6.45, 7) is 0. The van der Waals surface area contributed by atoms with Gasteiger partial charge in [0.1, 0.15) is 17.8 Å². The highest BCUT2D eigenvalue weighted by Gasteiger charge is 2.28. The molecule has 0 radical (unpaired) electrons. The van der Waals surface area contributed by atoms with Crippen LogP contribution in [0.15, 0.2) is 24.3 Å². The van der Waals surface area contributed by atoms with Crippen LogP contribution in [0.3, 0.4) is 0 Å². The minimum atomic E-state index is -1.19. The predicted octanol–water partition coefficient (Wildman–Crippen LogP) is -0.0659. The maximum absolute atomic E-state index is 12.7. The fraction of sp³-hybridized carbons (Fsp3) is 0.474. The van der Waals surface area contributed by atoms with E-state index in [9.17, 15) is 29.4 Å². The van der Waals surface area contributed by atoms with Crippen molar-refractivity contribution in [3.05, 3.63) is 29.8 Å². The highest BCUT2D eigenvalue weighted by molar-refractivity contribution is 7.98. The summed E-state index contributed by atoms with van der Waals surface area (Å²) < 4.78 is 0. The summed E-state index contributed by atoms with van der Waals surface area (Å²) in [6.07, 6.45) is 1.63. The molecule has 0 spiro atoms. The molecule has 0 fully saturated rings. The van der Waals surface area contributed by atoms with Crippen molar-refractivity contribution in [2.75, 3.05) is 12.0 Å². The number of nitrogens with one attached hydrogen (secondary N) is 2. The predicted molar refractivity (Wildman–Crippen MR) is 111 cm³/mol. The molecule has 0 aromatic heterocycles. The number of nitrogens with two attached hydrogens (primary N) is 1. The molecule has 1 aromatic rings. The monoisotopic (exact) mass is 441 g/mol. The lowest BCUT2D eigenvalue weighted by Crippen LogP contribution is -2.55. The molecule has 0 bridgehead atoms. The molecule has 0 aliphatic rings. The third kappa shape index (κ3) is 9.14. The van der Waals surface area contributed by atoms with Crippen LogP contribution in [0.1, 0.15) is 24.8 Å². The Morgan fingerprint density at radius 1 is 1.00 bits per heavy atom. The van der Waals surface area contributed by atoms with Crippen LogP contribution in [0.25, 0.3) is 0 Å². The van der Waals surface area contributed by atoms with Crippen LogP contribution >= 0.6 is 11.8 Å². The second-order valence-corrected chi connectivity index (χ2v) is 7.64. The fourth-order valence-electron chi connectivity index (χ4n) is 2.53. The largest absolute Gasteiger partial charge is 0.508 e. The van der Waals surface area contributed by atoms with Crippen LogP contribution in [-0.4, -0.2) is 69.2 Å². The van der Waals surface area contributed by atoms with E-state index in [1.165, 1.54) is 23.9 Å². The van der Waals surface area contributed by atoms with Crippen molar-refractivity contribution in [1.82, 2.24) is 10.6 Å². The summed E-state index contributed by atoms with van der Waals surface area (Å²) >= 11 is 1.44. The van der Waals surface area contributed by atoms with Crippen molar-refractivity contribution in [3.63, 3.8) is 0 Å². The highest BCUT2D eigenvalue weighted by Crippen LogP contribution is 2.12. The van der Waals surface area contributed by atoms with E-state index in [2.05, 4.69) is 10.6 Å². The second kappa shape index (κ2) is 12.7. The molecule has 1 aromatic carbocycles. The maximum atomic E-state index is 12.7.